The van der Waals surface area contributed by atoms with Crippen LogP contribution in [-0.4, -0.2) is 36.3 Å². The Morgan fingerprint density at radius 1 is 1.38 bits per heavy atom. The van der Waals surface area contributed by atoms with E-state index in [2.05, 4.69) is 15.6 Å². The minimum atomic E-state index is -3.63. The number of aromatic nitrogens is 1. The molecule has 1 aromatic heterocycles. The number of nitrogens with zero attached hydrogens (tertiary/aromatic N) is 2. The predicted octanol–water partition coefficient (Wildman–Crippen LogP) is 3.07. The van der Waals surface area contributed by atoms with Gasteiger partial charge in [0.15, 0.2) is 5.13 Å². The maximum atomic E-state index is 12.8. The van der Waals surface area contributed by atoms with Gasteiger partial charge >= 0.3 is 6.03 Å². The van der Waals surface area contributed by atoms with Crippen LogP contribution < -0.4 is 10.6 Å². The third-order valence-corrected chi connectivity index (χ3v) is 6.84. The summed E-state index contributed by atoms with van der Waals surface area (Å²) in [6, 6.07) is 5.93. The Balaban J connectivity index is 1.76. The summed E-state index contributed by atoms with van der Waals surface area (Å²) in [5, 5.41) is 6.27. The molecule has 0 bridgehead atoms. The Labute approximate surface area is 161 Å². The van der Waals surface area contributed by atoms with Gasteiger partial charge in [0.2, 0.25) is 10.0 Å². The first-order valence-electron chi connectivity index (χ1n) is 8.07. The summed E-state index contributed by atoms with van der Waals surface area (Å²) in [6.45, 7) is 4.30. The van der Waals surface area contributed by atoms with E-state index in [0.717, 1.165) is 10.6 Å². The van der Waals surface area contributed by atoms with Crippen LogP contribution >= 0.6 is 22.9 Å². The van der Waals surface area contributed by atoms with Crippen molar-refractivity contribution < 1.29 is 13.2 Å². The Morgan fingerprint density at radius 3 is 2.85 bits per heavy atom. The van der Waals surface area contributed by atoms with E-state index in [1.54, 1.807) is 12.1 Å². The Morgan fingerprint density at radius 2 is 2.15 bits per heavy atom. The zero-order chi connectivity index (χ0) is 18.9. The number of rotatable bonds is 4. The Bertz CT molecular complexity index is 927. The van der Waals surface area contributed by atoms with Crippen molar-refractivity contribution in [3.05, 3.63) is 39.9 Å². The molecule has 1 aliphatic rings. The summed E-state index contributed by atoms with van der Waals surface area (Å²) in [6.07, 6.45) is 0.499. The second-order valence-corrected chi connectivity index (χ2v) is 9.65. The zero-order valence-electron chi connectivity index (χ0n) is 14.3. The normalized spacial score (nSPS) is 14.9. The Hall–Kier alpha value is -1.68. The zero-order valence-corrected chi connectivity index (χ0v) is 16.7. The molecule has 140 valence electrons. The van der Waals surface area contributed by atoms with Crippen molar-refractivity contribution in [1.29, 1.82) is 0 Å². The van der Waals surface area contributed by atoms with E-state index < -0.39 is 10.0 Å². The molecule has 3 rings (SSSR count). The van der Waals surface area contributed by atoms with E-state index in [1.807, 2.05) is 13.8 Å². The highest BCUT2D eigenvalue weighted by atomic mass is 35.5. The fourth-order valence-corrected chi connectivity index (χ4v) is 5.41. The second-order valence-electron chi connectivity index (χ2n) is 6.19. The van der Waals surface area contributed by atoms with E-state index in [9.17, 15) is 13.2 Å². The van der Waals surface area contributed by atoms with Crippen LogP contribution in [0.2, 0.25) is 5.02 Å². The van der Waals surface area contributed by atoms with Gasteiger partial charge in [-0.1, -0.05) is 29.0 Å². The van der Waals surface area contributed by atoms with Gasteiger partial charge in [-0.3, -0.25) is 5.32 Å². The van der Waals surface area contributed by atoms with Gasteiger partial charge < -0.3 is 5.32 Å². The molecule has 2 heterocycles. The Kier molecular flexibility index (Phi) is 5.52. The molecular formula is C16H19ClN4O3S2. The van der Waals surface area contributed by atoms with Crippen molar-refractivity contribution in [3.8, 4) is 0 Å². The quantitative estimate of drug-likeness (QED) is 0.804. The molecule has 0 aliphatic carbocycles. The van der Waals surface area contributed by atoms with Gasteiger partial charge in [-0.2, -0.15) is 4.31 Å². The van der Waals surface area contributed by atoms with Crippen molar-refractivity contribution in [1.82, 2.24) is 14.6 Å². The van der Waals surface area contributed by atoms with Crippen LogP contribution in [0.5, 0.6) is 0 Å². The number of thiazole rings is 1. The average molecular weight is 415 g/mol. The molecule has 10 heteroatoms. The van der Waals surface area contributed by atoms with Crippen LogP contribution in [0.15, 0.2) is 29.2 Å². The lowest BCUT2D eigenvalue weighted by molar-refractivity contribution is 0.250. The predicted molar refractivity (Wildman–Crippen MR) is 102 cm³/mol. The molecule has 0 saturated heterocycles. The van der Waals surface area contributed by atoms with Crippen LogP contribution in [0.25, 0.3) is 0 Å². The van der Waals surface area contributed by atoms with E-state index in [-0.39, 0.29) is 23.5 Å². The smallest absolute Gasteiger partial charge is 0.321 e. The van der Waals surface area contributed by atoms with Crippen molar-refractivity contribution in [2.24, 2.45) is 0 Å². The maximum Gasteiger partial charge on any atom is 0.321 e. The molecule has 0 atom stereocenters. The van der Waals surface area contributed by atoms with Gasteiger partial charge in [0.25, 0.3) is 0 Å². The summed E-state index contributed by atoms with van der Waals surface area (Å²) in [5.41, 5.74) is 0.826. The highest BCUT2D eigenvalue weighted by molar-refractivity contribution is 7.89. The number of benzene rings is 1. The molecule has 0 fully saturated rings. The minimum Gasteiger partial charge on any atom is -0.336 e. The number of hydrogen-bond donors (Lipinski definition) is 2. The number of amides is 2. The van der Waals surface area contributed by atoms with Gasteiger partial charge in [-0.15, -0.1) is 0 Å². The van der Waals surface area contributed by atoms with Gasteiger partial charge in [0.1, 0.15) is 0 Å². The fourth-order valence-electron chi connectivity index (χ4n) is 2.60. The summed E-state index contributed by atoms with van der Waals surface area (Å²) in [5.74, 6) is 0. The standard InChI is InChI=1S/C16H19ClN4O3S2/c1-10(2)18-15(22)20-16-19-13-6-7-21(9-14(13)25-16)26(23,24)12-5-3-4-11(17)8-12/h3-5,8,10H,6-7,9H2,1-2H3,(H2,18,19,20,22). The largest absolute Gasteiger partial charge is 0.336 e. The lowest BCUT2D eigenvalue weighted by atomic mass is 10.2. The van der Waals surface area contributed by atoms with Gasteiger partial charge in [0.05, 0.1) is 17.1 Å². The molecular weight excluding hydrogens is 396 g/mol. The van der Waals surface area contributed by atoms with Crippen LogP contribution in [0, 0.1) is 0 Å². The molecule has 1 aliphatic heterocycles. The SMILES string of the molecule is CC(C)NC(=O)Nc1nc2c(s1)CN(S(=O)(=O)c1cccc(Cl)c1)CC2. The summed E-state index contributed by atoms with van der Waals surface area (Å²) in [7, 11) is -3.63. The molecule has 2 N–H and O–H groups in total. The number of carbonyl (C=O) groups is 1. The van der Waals surface area contributed by atoms with Crippen molar-refractivity contribution in [3.63, 3.8) is 0 Å². The maximum absolute atomic E-state index is 12.8. The van der Waals surface area contributed by atoms with E-state index in [4.69, 9.17) is 11.6 Å². The molecule has 2 amide bonds. The monoisotopic (exact) mass is 414 g/mol. The highest BCUT2D eigenvalue weighted by Crippen LogP contribution is 2.31. The molecule has 2 aromatic rings. The molecule has 0 spiro atoms. The van der Waals surface area contributed by atoms with Gasteiger partial charge in [-0.05, 0) is 32.0 Å². The first-order chi connectivity index (χ1) is 12.3. The number of carbonyl (C=O) groups excluding carboxylic acids is 1. The molecule has 0 unspecified atom stereocenters. The van der Waals surface area contributed by atoms with Crippen LogP contribution in [-0.2, 0) is 23.0 Å². The first-order valence-corrected chi connectivity index (χ1v) is 10.7. The number of nitrogens with one attached hydrogen (secondary N) is 2. The number of anilines is 1. The van der Waals surface area contributed by atoms with E-state index in [1.165, 1.54) is 27.8 Å². The molecule has 0 saturated carbocycles. The van der Waals surface area contributed by atoms with Crippen molar-refractivity contribution in [2.75, 3.05) is 11.9 Å². The van der Waals surface area contributed by atoms with Crippen LogP contribution in [0.4, 0.5) is 9.93 Å². The van der Waals surface area contributed by atoms with Gasteiger partial charge in [0, 0.05) is 28.9 Å². The van der Waals surface area contributed by atoms with E-state index in [0.29, 0.717) is 23.1 Å². The second kappa shape index (κ2) is 7.51. The molecule has 7 nitrogen and oxygen atoms in total. The van der Waals surface area contributed by atoms with E-state index >= 15 is 0 Å². The van der Waals surface area contributed by atoms with Crippen molar-refractivity contribution >= 4 is 44.1 Å². The molecule has 26 heavy (non-hydrogen) atoms. The highest BCUT2D eigenvalue weighted by Gasteiger charge is 2.30. The first kappa shape index (κ1) is 19.1. The van der Waals surface area contributed by atoms with Crippen molar-refractivity contribution in [2.45, 2.75) is 37.8 Å². The average Bonchev–Trinajstić information content (AvgIpc) is 2.95. The number of sulfonamides is 1. The molecule has 1 aromatic carbocycles. The summed E-state index contributed by atoms with van der Waals surface area (Å²) >= 11 is 7.22. The summed E-state index contributed by atoms with van der Waals surface area (Å²) < 4.78 is 27.1. The number of fused-ring (bicyclic) bond motifs is 1. The lowest BCUT2D eigenvalue weighted by Crippen LogP contribution is -2.35. The minimum absolute atomic E-state index is 0.0166. The fraction of sp³-hybridized carbons (Fsp3) is 0.375. The van der Waals surface area contributed by atoms with Crippen LogP contribution in [0.3, 0.4) is 0 Å². The molecule has 0 radical (unpaired) electrons. The third-order valence-electron chi connectivity index (χ3n) is 3.77. The van der Waals surface area contributed by atoms with Gasteiger partial charge in [-0.25, -0.2) is 18.2 Å². The third kappa shape index (κ3) is 4.17. The number of urea groups is 1. The number of halogens is 1. The lowest BCUT2D eigenvalue weighted by Gasteiger charge is -2.25. The summed E-state index contributed by atoms with van der Waals surface area (Å²) in [4.78, 5) is 17.2. The number of hydrogen-bond acceptors (Lipinski definition) is 5. The van der Waals surface area contributed by atoms with Crippen LogP contribution in [0.1, 0.15) is 24.4 Å². The topological polar surface area (TPSA) is 91.4 Å².